The van der Waals surface area contributed by atoms with Gasteiger partial charge in [0.2, 0.25) is 0 Å². The van der Waals surface area contributed by atoms with Gasteiger partial charge in [-0.05, 0) is 18.1 Å². The Bertz CT molecular complexity index is 659. The highest BCUT2D eigenvalue weighted by atomic mass is 16.3. The Hall–Kier alpha value is -2.30. The lowest BCUT2D eigenvalue weighted by atomic mass is 10.0. The summed E-state index contributed by atoms with van der Waals surface area (Å²) in [7, 11) is 0. The molecule has 5 nitrogen and oxygen atoms in total. The number of amides is 1. The number of hydrogen-bond acceptors (Lipinski definition) is 3. The number of aromatic amines is 1. The number of hydrogen-bond donors (Lipinski definition) is 3. The summed E-state index contributed by atoms with van der Waals surface area (Å²) in [5.74, 6) is -1.27. The first-order valence-electron chi connectivity index (χ1n) is 5.23. The SMILES string of the molecule is CCc1cccc2[nH]c(=O)c(C(N)=O)c(O)c12. The van der Waals surface area contributed by atoms with Gasteiger partial charge in [-0.1, -0.05) is 19.1 Å². The predicted molar refractivity (Wildman–Crippen MR) is 64.1 cm³/mol. The van der Waals surface area contributed by atoms with E-state index < -0.39 is 17.0 Å². The zero-order valence-corrected chi connectivity index (χ0v) is 9.28. The van der Waals surface area contributed by atoms with Crippen molar-refractivity contribution in [1.82, 2.24) is 4.98 Å². The zero-order valence-electron chi connectivity index (χ0n) is 9.28. The maximum atomic E-state index is 11.6. The van der Waals surface area contributed by atoms with Gasteiger partial charge in [-0.3, -0.25) is 9.59 Å². The molecule has 1 aromatic heterocycles. The van der Waals surface area contributed by atoms with E-state index in [1.807, 2.05) is 13.0 Å². The van der Waals surface area contributed by atoms with Gasteiger partial charge in [0, 0.05) is 5.39 Å². The van der Waals surface area contributed by atoms with Crippen LogP contribution in [0.25, 0.3) is 10.9 Å². The minimum absolute atomic E-state index is 0.339. The molecule has 2 aromatic rings. The van der Waals surface area contributed by atoms with Gasteiger partial charge in [-0.25, -0.2) is 0 Å². The molecule has 0 unspecified atom stereocenters. The maximum Gasteiger partial charge on any atom is 0.265 e. The number of nitrogens with one attached hydrogen (secondary N) is 1. The number of H-pyrrole nitrogens is 1. The number of pyridine rings is 1. The van der Waals surface area contributed by atoms with Gasteiger partial charge in [-0.2, -0.15) is 0 Å². The van der Waals surface area contributed by atoms with E-state index in [0.29, 0.717) is 17.3 Å². The Balaban J connectivity index is 2.99. The molecule has 0 saturated heterocycles. The van der Waals surface area contributed by atoms with Crippen molar-refractivity contribution in [3.63, 3.8) is 0 Å². The Morgan fingerprint density at radius 1 is 1.47 bits per heavy atom. The lowest BCUT2D eigenvalue weighted by Crippen LogP contribution is -2.23. The van der Waals surface area contributed by atoms with E-state index in [-0.39, 0.29) is 5.75 Å². The molecule has 0 aliphatic rings. The van der Waals surface area contributed by atoms with E-state index in [1.165, 1.54) is 0 Å². The van der Waals surface area contributed by atoms with Gasteiger partial charge in [-0.15, -0.1) is 0 Å². The summed E-state index contributed by atoms with van der Waals surface area (Å²) in [4.78, 5) is 25.2. The van der Waals surface area contributed by atoms with Gasteiger partial charge in [0.05, 0.1) is 5.52 Å². The number of primary amides is 1. The molecule has 0 radical (unpaired) electrons. The monoisotopic (exact) mass is 232 g/mol. The molecule has 0 aliphatic heterocycles. The third-order valence-corrected chi connectivity index (χ3v) is 2.73. The molecule has 1 amide bonds. The molecule has 1 aromatic carbocycles. The van der Waals surface area contributed by atoms with Crippen LogP contribution in [-0.4, -0.2) is 16.0 Å². The molecule has 0 fully saturated rings. The van der Waals surface area contributed by atoms with Crippen molar-refractivity contribution in [3.8, 4) is 5.75 Å². The van der Waals surface area contributed by atoms with Crippen molar-refractivity contribution in [1.29, 1.82) is 0 Å². The van der Waals surface area contributed by atoms with Crippen LogP contribution in [0.5, 0.6) is 5.75 Å². The number of aryl methyl sites for hydroxylation is 1. The first kappa shape index (κ1) is 11.2. The second kappa shape index (κ2) is 3.93. The average molecular weight is 232 g/mol. The molecule has 0 atom stereocenters. The van der Waals surface area contributed by atoms with Crippen LogP contribution in [0.15, 0.2) is 23.0 Å². The van der Waals surface area contributed by atoms with Crippen molar-refractivity contribution in [3.05, 3.63) is 39.7 Å². The minimum Gasteiger partial charge on any atom is -0.506 e. The van der Waals surface area contributed by atoms with Crippen LogP contribution in [0.3, 0.4) is 0 Å². The molecule has 0 spiro atoms. The molecule has 4 N–H and O–H groups in total. The summed E-state index contributed by atoms with van der Waals surface area (Å²) in [6, 6.07) is 5.27. The highest BCUT2D eigenvalue weighted by Crippen LogP contribution is 2.28. The molecule has 1 heterocycles. The normalized spacial score (nSPS) is 10.6. The summed E-state index contributed by atoms with van der Waals surface area (Å²) in [5.41, 5.74) is 5.36. The van der Waals surface area contributed by atoms with E-state index >= 15 is 0 Å². The number of carbonyl (C=O) groups excluding carboxylic acids is 1. The first-order chi connectivity index (χ1) is 8.06. The predicted octanol–water partition coefficient (Wildman–Crippen LogP) is 0.895. The Kier molecular flexibility index (Phi) is 2.59. The molecule has 2 rings (SSSR count). The van der Waals surface area contributed by atoms with Crippen molar-refractivity contribution in [2.75, 3.05) is 0 Å². The van der Waals surface area contributed by atoms with Crippen molar-refractivity contribution in [2.24, 2.45) is 5.73 Å². The largest absolute Gasteiger partial charge is 0.506 e. The fraction of sp³-hybridized carbons (Fsp3) is 0.167. The first-order valence-corrected chi connectivity index (χ1v) is 5.23. The van der Waals surface area contributed by atoms with Gasteiger partial charge >= 0.3 is 0 Å². The van der Waals surface area contributed by atoms with Gasteiger partial charge in [0.15, 0.2) is 0 Å². The summed E-state index contributed by atoms with van der Waals surface area (Å²) in [5, 5.41) is 10.5. The molecule has 0 saturated carbocycles. The topological polar surface area (TPSA) is 96.2 Å². The van der Waals surface area contributed by atoms with Crippen molar-refractivity contribution < 1.29 is 9.90 Å². The van der Waals surface area contributed by atoms with Crippen LogP contribution in [-0.2, 0) is 6.42 Å². The molecular formula is C12H12N2O3. The summed E-state index contributed by atoms with van der Waals surface area (Å²) < 4.78 is 0. The second-order valence-electron chi connectivity index (χ2n) is 3.74. The highest BCUT2D eigenvalue weighted by Gasteiger charge is 2.17. The fourth-order valence-corrected chi connectivity index (χ4v) is 1.92. The van der Waals surface area contributed by atoms with Crippen molar-refractivity contribution in [2.45, 2.75) is 13.3 Å². The maximum absolute atomic E-state index is 11.6. The molecule has 0 aliphatic carbocycles. The van der Waals surface area contributed by atoms with E-state index in [1.54, 1.807) is 12.1 Å². The quantitative estimate of drug-likeness (QED) is 0.717. The smallest absolute Gasteiger partial charge is 0.265 e. The van der Waals surface area contributed by atoms with E-state index in [2.05, 4.69) is 4.98 Å². The molecule has 5 heteroatoms. The van der Waals surface area contributed by atoms with E-state index in [9.17, 15) is 14.7 Å². The van der Waals surface area contributed by atoms with Gasteiger partial charge < -0.3 is 15.8 Å². The Labute approximate surface area is 96.9 Å². The average Bonchev–Trinajstić information content (AvgIpc) is 2.27. The number of aromatic nitrogens is 1. The van der Waals surface area contributed by atoms with E-state index in [0.717, 1.165) is 5.56 Å². The third-order valence-electron chi connectivity index (χ3n) is 2.73. The summed E-state index contributed by atoms with van der Waals surface area (Å²) in [6.45, 7) is 1.92. The number of carbonyl (C=O) groups is 1. The van der Waals surface area contributed by atoms with Crippen LogP contribution in [0.2, 0.25) is 0 Å². The zero-order chi connectivity index (χ0) is 12.6. The number of aromatic hydroxyl groups is 1. The number of rotatable bonds is 2. The molecule has 0 bridgehead atoms. The molecule has 88 valence electrons. The third kappa shape index (κ3) is 1.65. The molecular weight excluding hydrogens is 220 g/mol. The van der Waals surface area contributed by atoms with Crippen LogP contribution in [0, 0.1) is 0 Å². The molecule has 17 heavy (non-hydrogen) atoms. The summed E-state index contributed by atoms with van der Waals surface area (Å²) in [6.07, 6.45) is 0.676. The second-order valence-corrected chi connectivity index (χ2v) is 3.74. The number of nitrogens with two attached hydrogens (primary N) is 1. The number of benzene rings is 1. The van der Waals surface area contributed by atoms with Crippen LogP contribution in [0.1, 0.15) is 22.8 Å². The van der Waals surface area contributed by atoms with Crippen LogP contribution >= 0.6 is 0 Å². The van der Waals surface area contributed by atoms with E-state index in [4.69, 9.17) is 5.73 Å². The van der Waals surface area contributed by atoms with Crippen LogP contribution < -0.4 is 11.3 Å². The standard InChI is InChI=1S/C12H12N2O3/c1-2-6-4-3-5-7-8(6)10(15)9(11(13)16)12(17)14-7/h3-5H,2H2,1H3,(H2,13,16)(H2,14,15,17). The van der Waals surface area contributed by atoms with Gasteiger partial charge in [0.1, 0.15) is 11.3 Å². The van der Waals surface area contributed by atoms with Gasteiger partial charge in [0.25, 0.3) is 11.5 Å². The lowest BCUT2D eigenvalue weighted by molar-refractivity contribution is 0.0996. The minimum atomic E-state index is -0.934. The lowest BCUT2D eigenvalue weighted by Gasteiger charge is -2.08. The number of fused-ring (bicyclic) bond motifs is 1. The fourth-order valence-electron chi connectivity index (χ4n) is 1.92. The van der Waals surface area contributed by atoms with Crippen molar-refractivity contribution >= 4 is 16.8 Å². The summed E-state index contributed by atoms with van der Waals surface area (Å²) >= 11 is 0. The highest BCUT2D eigenvalue weighted by molar-refractivity contribution is 6.02. The van der Waals surface area contributed by atoms with Crippen LogP contribution in [0.4, 0.5) is 0 Å². The Morgan fingerprint density at radius 2 is 2.18 bits per heavy atom. The Morgan fingerprint density at radius 3 is 2.76 bits per heavy atom.